The van der Waals surface area contributed by atoms with Crippen LogP contribution in [0.25, 0.3) is 0 Å². The van der Waals surface area contributed by atoms with Gasteiger partial charge in [-0.2, -0.15) is 0 Å². The Labute approximate surface area is 190 Å². The Morgan fingerprint density at radius 2 is 1.87 bits per heavy atom. The standard InChI is InChI=1S/C21H21ClN4O4S/c1-25-20(29)17(12-18(27)23-15-5-3-4-14(22)11-15)26(21(25)31)24-19(28)10-13-6-8-16(30-2)9-7-13/h3-9,11,17H,10,12H2,1-2H3,(H,23,27)(H,24,28). The van der Waals surface area contributed by atoms with Crippen LogP contribution in [0.5, 0.6) is 5.75 Å². The van der Waals surface area contributed by atoms with E-state index in [1.807, 2.05) is 0 Å². The van der Waals surface area contributed by atoms with Crippen LogP contribution in [0.3, 0.4) is 0 Å². The molecule has 1 fully saturated rings. The van der Waals surface area contributed by atoms with Crippen LogP contribution in [0, 0.1) is 0 Å². The Kier molecular flexibility index (Phi) is 7.09. The summed E-state index contributed by atoms with van der Waals surface area (Å²) in [7, 11) is 3.06. The van der Waals surface area contributed by atoms with Crippen LogP contribution < -0.4 is 15.5 Å². The van der Waals surface area contributed by atoms with Crippen LogP contribution >= 0.6 is 23.8 Å². The minimum Gasteiger partial charge on any atom is -0.497 e. The molecule has 162 valence electrons. The van der Waals surface area contributed by atoms with E-state index in [1.54, 1.807) is 55.6 Å². The highest BCUT2D eigenvalue weighted by Crippen LogP contribution is 2.20. The molecule has 1 heterocycles. The fourth-order valence-electron chi connectivity index (χ4n) is 3.08. The van der Waals surface area contributed by atoms with Gasteiger partial charge in [-0.05, 0) is 48.1 Å². The quantitative estimate of drug-likeness (QED) is 0.616. The number of carbonyl (C=O) groups excluding carboxylic acids is 3. The molecule has 3 amide bonds. The molecular formula is C21H21ClN4O4S. The van der Waals surface area contributed by atoms with Crippen molar-refractivity contribution in [2.75, 3.05) is 19.5 Å². The maximum absolute atomic E-state index is 12.6. The average molecular weight is 461 g/mol. The number of likely N-dealkylation sites (N-methyl/N-ethyl adjacent to an activating group) is 1. The lowest BCUT2D eigenvalue weighted by molar-refractivity contribution is -0.132. The molecule has 1 aliphatic heterocycles. The van der Waals surface area contributed by atoms with Crippen LogP contribution in [-0.2, 0) is 20.8 Å². The molecule has 1 atom stereocenters. The first-order valence-corrected chi connectivity index (χ1v) is 10.2. The van der Waals surface area contributed by atoms with Crippen LogP contribution in [0.2, 0.25) is 5.02 Å². The summed E-state index contributed by atoms with van der Waals surface area (Å²) in [6.45, 7) is 0. The Morgan fingerprint density at radius 1 is 1.16 bits per heavy atom. The number of hydrogen-bond donors (Lipinski definition) is 2. The third-order valence-corrected chi connectivity index (χ3v) is 5.38. The zero-order chi connectivity index (χ0) is 22.5. The minimum atomic E-state index is -0.948. The van der Waals surface area contributed by atoms with Crippen molar-refractivity contribution in [1.29, 1.82) is 0 Å². The summed E-state index contributed by atoms with van der Waals surface area (Å²) in [4.78, 5) is 38.9. The molecule has 0 aromatic heterocycles. The van der Waals surface area contributed by atoms with Crippen molar-refractivity contribution in [3.8, 4) is 5.75 Å². The predicted molar refractivity (Wildman–Crippen MR) is 121 cm³/mol. The number of carbonyl (C=O) groups is 3. The summed E-state index contributed by atoms with van der Waals surface area (Å²) >= 11 is 11.2. The SMILES string of the molecule is COc1ccc(CC(=O)NN2C(=S)N(C)C(=O)C2CC(=O)Nc2cccc(Cl)c2)cc1. The van der Waals surface area contributed by atoms with Gasteiger partial charge in [0.2, 0.25) is 11.8 Å². The van der Waals surface area contributed by atoms with Crippen molar-refractivity contribution >= 4 is 52.3 Å². The fraction of sp³-hybridized carbons (Fsp3) is 0.238. The van der Waals surface area contributed by atoms with E-state index in [-0.39, 0.29) is 29.8 Å². The van der Waals surface area contributed by atoms with Crippen LogP contribution in [0.4, 0.5) is 5.69 Å². The number of halogens is 1. The molecule has 1 saturated heterocycles. The Hall–Kier alpha value is -3.17. The monoisotopic (exact) mass is 460 g/mol. The summed E-state index contributed by atoms with van der Waals surface area (Å²) in [5.74, 6) is -0.470. The van der Waals surface area contributed by atoms with Gasteiger partial charge in [0.1, 0.15) is 11.8 Å². The Bertz CT molecular complexity index is 1010. The number of rotatable bonds is 7. The fourth-order valence-corrected chi connectivity index (χ4v) is 3.54. The van der Waals surface area contributed by atoms with E-state index in [0.29, 0.717) is 16.5 Å². The number of hydrogen-bond acceptors (Lipinski definition) is 5. The molecule has 31 heavy (non-hydrogen) atoms. The molecule has 2 N–H and O–H groups in total. The van der Waals surface area contributed by atoms with Gasteiger partial charge < -0.3 is 10.1 Å². The van der Waals surface area contributed by atoms with E-state index in [4.69, 9.17) is 28.6 Å². The second-order valence-electron chi connectivity index (χ2n) is 6.89. The van der Waals surface area contributed by atoms with E-state index >= 15 is 0 Å². The second-order valence-corrected chi connectivity index (χ2v) is 7.69. The molecule has 2 aromatic rings. The number of amides is 3. The van der Waals surface area contributed by atoms with Crippen molar-refractivity contribution < 1.29 is 19.1 Å². The summed E-state index contributed by atoms with van der Waals surface area (Å²) in [5.41, 5.74) is 3.92. The first kappa shape index (κ1) is 22.5. The van der Waals surface area contributed by atoms with Gasteiger partial charge in [-0.1, -0.05) is 29.8 Å². The van der Waals surface area contributed by atoms with E-state index in [0.717, 1.165) is 5.56 Å². The number of nitrogens with zero attached hydrogens (tertiary/aromatic N) is 2. The van der Waals surface area contributed by atoms with Gasteiger partial charge in [-0.3, -0.25) is 24.7 Å². The number of ether oxygens (including phenoxy) is 1. The molecular weight excluding hydrogens is 440 g/mol. The molecule has 1 unspecified atom stereocenters. The number of methoxy groups -OCH3 is 1. The lowest BCUT2D eigenvalue weighted by Gasteiger charge is -2.24. The van der Waals surface area contributed by atoms with Gasteiger partial charge in [0.25, 0.3) is 5.91 Å². The maximum Gasteiger partial charge on any atom is 0.253 e. The normalized spacial score (nSPS) is 15.8. The lowest BCUT2D eigenvalue weighted by Crippen LogP contribution is -2.50. The first-order valence-electron chi connectivity index (χ1n) is 9.37. The van der Waals surface area contributed by atoms with Crippen LogP contribution in [-0.4, -0.2) is 52.9 Å². The molecule has 0 radical (unpaired) electrons. The third-order valence-electron chi connectivity index (χ3n) is 4.68. The number of benzene rings is 2. The van der Waals surface area contributed by atoms with Gasteiger partial charge in [0.15, 0.2) is 5.11 Å². The topological polar surface area (TPSA) is 91.0 Å². The van der Waals surface area contributed by atoms with Crippen molar-refractivity contribution in [3.05, 3.63) is 59.1 Å². The summed E-state index contributed by atoms with van der Waals surface area (Å²) < 4.78 is 5.11. The molecule has 0 spiro atoms. The summed E-state index contributed by atoms with van der Waals surface area (Å²) in [5, 5.41) is 4.55. The van der Waals surface area contributed by atoms with Gasteiger partial charge in [-0.25, -0.2) is 5.01 Å². The predicted octanol–water partition coefficient (Wildman–Crippen LogP) is 2.38. The second kappa shape index (κ2) is 9.76. The van der Waals surface area contributed by atoms with E-state index in [2.05, 4.69) is 10.7 Å². The van der Waals surface area contributed by atoms with Crippen LogP contribution in [0.1, 0.15) is 12.0 Å². The Balaban J connectivity index is 1.66. The molecule has 10 heteroatoms. The lowest BCUT2D eigenvalue weighted by atomic mass is 10.1. The van der Waals surface area contributed by atoms with Gasteiger partial charge in [-0.15, -0.1) is 0 Å². The maximum atomic E-state index is 12.6. The first-order chi connectivity index (χ1) is 14.8. The van der Waals surface area contributed by atoms with Crippen molar-refractivity contribution in [1.82, 2.24) is 15.3 Å². The number of thiocarbonyl (C=S) groups is 1. The number of hydrazine groups is 1. The molecule has 0 aliphatic carbocycles. The van der Waals surface area contributed by atoms with Crippen molar-refractivity contribution in [2.45, 2.75) is 18.9 Å². The van der Waals surface area contributed by atoms with E-state index in [9.17, 15) is 14.4 Å². The van der Waals surface area contributed by atoms with E-state index < -0.39 is 11.9 Å². The smallest absolute Gasteiger partial charge is 0.253 e. The summed E-state index contributed by atoms with van der Waals surface area (Å²) in [6.07, 6.45) is -0.124. The van der Waals surface area contributed by atoms with Gasteiger partial charge in [0.05, 0.1) is 20.0 Å². The van der Waals surface area contributed by atoms with Gasteiger partial charge >= 0.3 is 0 Å². The third kappa shape index (κ3) is 5.50. The molecule has 0 bridgehead atoms. The highest BCUT2D eigenvalue weighted by Gasteiger charge is 2.42. The Morgan fingerprint density at radius 3 is 2.52 bits per heavy atom. The molecule has 8 nitrogen and oxygen atoms in total. The molecule has 2 aromatic carbocycles. The number of nitrogens with one attached hydrogen (secondary N) is 2. The average Bonchev–Trinajstić information content (AvgIpc) is 2.92. The van der Waals surface area contributed by atoms with Gasteiger partial charge in [0, 0.05) is 17.8 Å². The van der Waals surface area contributed by atoms with Crippen molar-refractivity contribution in [2.24, 2.45) is 0 Å². The highest BCUT2D eigenvalue weighted by atomic mass is 35.5. The van der Waals surface area contributed by atoms with Crippen molar-refractivity contribution in [3.63, 3.8) is 0 Å². The molecule has 1 aliphatic rings. The van der Waals surface area contributed by atoms with Crippen LogP contribution in [0.15, 0.2) is 48.5 Å². The highest BCUT2D eigenvalue weighted by molar-refractivity contribution is 7.80. The summed E-state index contributed by atoms with van der Waals surface area (Å²) in [6, 6.07) is 12.8. The molecule has 0 saturated carbocycles. The largest absolute Gasteiger partial charge is 0.497 e. The molecule has 3 rings (SSSR count). The van der Waals surface area contributed by atoms with E-state index in [1.165, 1.54) is 17.0 Å². The minimum absolute atomic E-state index is 0.0719. The zero-order valence-electron chi connectivity index (χ0n) is 16.9. The zero-order valence-corrected chi connectivity index (χ0v) is 18.5. The number of anilines is 1.